The Kier molecular flexibility index (Phi) is 5.67. The number of benzene rings is 1. The number of hydrogen-bond acceptors (Lipinski definition) is 3. The Bertz CT molecular complexity index is 500. The lowest BCUT2D eigenvalue weighted by molar-refractivity contribution is 0.580. The van der Waals surface area contributed by atoms with E-state index in [0.717, 1.165) is 18.1 Å². The number of aromatic nitrogens is 1. The van der Waals surface area contributed by atoms with Gasteiger partial charge in [-0.05, 0) is 35.7 Å². The number of thioether (sulfide) groups is 1. The molecule has 19 heavy (non-hydrogen) atoms. The monoisotopic (exact) mass is 274 g/mol. The second-order valence-electron chi connectivity index (χ2n) is 4.61. The van der Waals surface area contributed by atoms with Crippen LogP contribution >= 0.6 is 11.8 Å². The summed E-state index contributed by atoms with van der Waals surface area (Å²) < 4.78 is 0. The lowest BCUT2D eigenvalue weighted by Gasteiger charge is -2.20. The Morgan fingerprint density at radius 2 is 2.16 bits per heavy atom. The number of rotatable bonds is 7. The molecule has 0 spiro atoms. The third-order valence-electron chi connectivity index (χ3n) is 3.22. The molecule has 0 radical (unpaired) electrons. The van der Waals surface area contributed by atoms with Crippen LogP contribution in [-0.2, 0) is 0 Å². The number of nitrogens with zero attached hydrogens (tertiary/aromatic N) is 1. The third-order valence-corrected chi connectivity index (χ3v) is 4.20. The van der Waals surface area contributed by atoms with Crippen LogP contribution in [0.1, 0.15) is 31.9 Å². The van der Waals surface area contributed by atoms with Gasteiger partial charge in [-0.3, -0.25) is 4.98 Å². The normalized spacial score (nSPS) is 12.7. The summed E-state index contributed by atoms with van der Waals surface area (Å²) in [5.74, 6) is 2.29. The molecule has 0 amide bonds. The van der Waals surface area contributed by atoms with Crippen LogP contribution in [0, 0.1) is 0 Å². The maximum atomic E-state index is 4.21. The molecule has 1 atom stereocenters. The highest BCUT2D eigenvalue weighted by molar-refractivity contribution is 7.99. The van der Waals surface area contributed by atoms with Gasteiger partial charge >= 0.3 is 0 Å². The zero-order chi connectivity index (χ0) is 13.5. The zero-order valence-electron chi connectivity index (χ0n) is 11.7. The molecular weight excluding hydrogens is 252 g/mol. The van der Waals surface area contributed by atoms with Gasteiger partial charge in [-0.1, -0.05) is 32.0 Å². The molecule has 0 saturated carbocycles. The number of nitrogens with one attached hydrogen (secondary N) is 1. The van der Waals surface area contributed by atoms with E-state index in [4.69, 9.17) is 0 Å². The van der Waals surface area contributed by atoms with E-state index in [-0.39, 0.29) is 0 Å². The van der Waals surface area contributed by atoms with E-state index in [9.17, 15) is 0 Å². The van der Waals surface area contributed by atoms with Crippen molar-refractivity contribution in [2.75, 3.05) is 18.1 Å². The standard InChI is InChI=1S/C16H22N2S/c1-3-9-18-16(12-19-4-2)15-7-5-6-13-11-17-10-8-14(13)15/h5-8,10-11,16,18H,3-4,9,12H2,1-2H3. The van der Waals surface area contributed by atoms with Crippen molar-refractivity contribution in [3.8, 4) is 0 Å². The molecule has 3 heteroatoms. The molecule has 2 nitrogen and oxygen atoms in total. The second kappa shape index (κ2) is 7.51. The average molecular weight is 274 g/mol. The van der Waals surface area contributed by atoms with Gasteiger partial charge in [0.2, 0.25) is 0 Å². The quantitative estimate of drug-likeness (QED) is 0.825. The fourth-order valence-electron chi connectivity index (χ4n) is 2.26. The molecule has 102 valence electrons. The average Bonchev–Trinajstić information content (AvgIpc) is 2.47. The van der Waals surface area contributed by atoms with Gasteiger partial charge in [0.05, 0.1) is 0 Å². The van der Waals surface area contributed by atoms with Crippen molar-refractivity contribution in [2.24, 2.45) is 0 Å². The SMILES string of the molecule is CCCNC(CSCC)c1cccc2cnccc12. The fourth-order valence-corrected chi connectivity index (χ4v) is 3.03. The number of pyridine rings is 1. The first-order chi connectivity index (χ1) is 9.36. The van der Waals surface area contributed by atoms with Gasteiger partial charge in [0.1, 0.15) is 0 Å². The van der Waals surface area contributed by atoms with Crippen molar-refractivity contribution in [1.29, 1.82) is 0 Å². The zero-order valence-corrected chi connectivity index (χ0v) is 12.5. The highest BCUT2D eigenvalue weighted by Crippen LogP contribution is 2.26. The van der Waals surface area contributed by atoms with Gasteiger partial charge in [0.25, 0.3) is 0 Å². The summed E-state index contributed by atoms with van der Waals surface area (Å²) in [5.41, 5.74) is 1.40. The molecule has 0 fully saturated rings. The van der Waals surface area contributed by atoms with E-state index in [2.05, 4.69) is 48.4 Å². The molecule has 1 unspecified atom stereocenters. The Hall–Kier alpha value is -1.06. The third kappa shape index (κ3) is 3.71. The minimum absolute atomic E-state index is 0.427. The fraction of sp³-hybridized carbons (Fsp3) is 0.438. The van der Waals surface area contributed by atoms with Crippen LogP contribution in [0.3, 0.4) is 0 Å². The van der Waals surface area contributed by atoms with Crippen LogP contribution in [0.15, 0.2) is 36.7 Å². The Labute approximate surface area is 120 Å². The highest BCUT2D eigenvalue weighted by atomic mass is 32.2. The molecule has 1 aromatic heterocycles. The van der Waals surface area contributed by atoms with Crippen molar-refractivity contribution >= 4 is 22.5 Å². The molecule has 0 saturated heterocycles. The van der Waals surface area contributed by atoms with Crippen molar-refractivity contribution < 1.29 is 0 Å². The van der Waals surface area contributed by atoms with Gasteiger partial charge in [-0.25, -0.2) is 0 Å². The first-order valence-electron chi connectivity index (χ1n) is 7.00. The Morgan fingerprint density at radius 1 is 1.26 bits per heavy atom. The molecule has 1 N–H and O–H groups in total. The number of fused-ring (bicyclic) bond motifs is 1. The maximum absolute atomic E-state index is 4.21. The summed E-state index contributed by atoms with van der Waals surface area (Å²) in [7, 11) is 0. The number of hydrogen-bond donors (Lipinski definition) is 1. The molecule has 2 rings (SSSR count). The Morgan fingerprint density at radius 3 is 2.95 bits per heavy atom. The molecule has 0 bridgehead atoms. The van der Waals surface area contributed by atoms with Crippen LogP contribution in [0.2, 0.25) is 0 Å². The summed E-state index contributed by atoms with van der Waals surface area (Å²) in [6.07, 6.45) is 5.00. The topological polar surface area (TPSA) is 24.9 Å². The van der Waals surface area contributed by atoms with Crippen LogP contribution in [0.25, 0.3) is 10.8 Å². The first kappa shape index (κ1) is 14.4. The highest BCUT2D eigenvalue weighted by Gasteiger charge is 2.13. The van der Waals surface area contributed by atoms with Crippen molar-refractivity contribution in [3.05, 3.63) is 42.2 Å². The first-order valence-corrected chi connectivity index (χ1v) is 8.16. The van der Waals surface area contributed by atoms with E-state index in [1.165, 1.54) is 22.8 Å². The molecule has 0 aliphatic heterocycles. The van der Waals surface area contributed by atoms with Crippen molar-refractivity contribution in [1.82, 2.24) is 10.3 Å². The summed E-state index contributed by atoms with van der Waals surface area (Å²) in [6.45, 7) is 5.50. The van der Waals surface area contributed by atoms with Crippen LogP contribution < -0.4 is 5.32 Å². The minimum Gasteiger partial charge on any atom is -0.309 e. The predicted molar refractivity (Wildman–Crippen MR) is 85.8 cm³/mol. The largest absolute Gasteiger partial charge is 0.309 e. The van der Waals surface area contributed by atoms with Gasteiger partial charge in [-0.15, -0.1) is 0 Å². The molecular formula is C16H22N2S. The van der Waals surface area contributed by atoms with Crippen LogP contribution in [0.4, 0.5) is 0 Å². The van der Waals surface area contributed by atoms with Crippen LogP contribution in [0.5, 0.6) is 0 Å². The smallest absolute Gasteiger partial charge is 0.0418 e. The van der Waals surface area contributed by atoms with Gasteiger partial charge in [0, 0.05) is 29.6 Å². The lowest BCUT2D eigenvalue weighted by atomic mass is 10.0. The van der Waals surface area contributed by atoms with Crippen molar-refractivity contribution in [2.45, 2.75) is 26.3 Å². The molecule has 2 aromatic rings. The predicted octanol–water partition coefficient (Wildman–Crippen LogP) is 4.03. The molecule has 0 aliphatic carbocycles. The lowest BCUT2D eigenvalue weighted by Crippen LogP contribution is -2.24. The van der Waals surface area contributed by atoms with E-state index < -0.39 is 0 Å². The Balaban J connectivity index is 2.31. The van der Waals surface area contributed by atoms with Crippen LogP contribution in [-0.4, -0.2) is 23.0 Å². The van der Waals surface area contributed by atoms with E-state index in [1.807, 2.05) is 24.2 Å². The molecule has 0 aliphatic rings. The molecule has 1 aromatic carbocycles. The summed E-state index contributed by atoms with van der Waals surface area (Å²) in [4.78, 5) is 4.21. The second-order valence-corrected chi connectivity index (χ2v) is 5.93. The summed E-state index contributed by atoms with van der Waals surface area (Å²) in [5, 5.41) is 6.22. The van der Waals surface area contributed by atoms with Gasteiger partial charge < -0.3 is 5.32 Å². The van der Waals surface area contributed by atoms with Gasteiger partial charge in [0.15, 0.2) is 0 Å². The summed E-state index contributed by atoms with van der Waals surface area (Å²) >= 11 is 1.99. The van der Waals surface area contributed by atoms with E-state index in [1.54, 1.807) is 0 Å². The van der Waals surface area contributed by atoms with E-state index >= 15 is 0 Å². The maximum Gasteiger partial charge on any atom is 0.0418 e. The summed E-state index contributed by atoms with van der Waals surface area (Å²) in [6, 6.07) is 9.07. The van der Waals surface area contributed by atoms with Crippen molar-refractivity contribution in [3.63, 3.8) is 0 Å². The van der Waals surface area contributed by atoms with Gasteiger partial charge in [-0.2, -0.15) is 11.8 Å². The van der Waals surface area contributed by atoms with E-state index in [0.29, 0.717) is 6.04 Å². The molecule has 1 heterocycles. The minimum atomic E-state index is 0.427.